The molecular weight excluding hydrogens is 252 g/mol. The fraction of sp³-hybridized carbons (Fsp3) is 0.333. The third-order valence-corrected chi connectivity index (χ3v) is 2.67. The second-order valence-electron chi connectivity index (χ2n) is 4.13. The maximum absolute atomic E-state index is 12.1. The highest BCUT2D eigenvalue weighted by Crippen LogP contribution is 2.18. The number of aliphatic carboxylic acids is 1. The van der Waals surface area contributed by atoms with E-state index in [1.165, 1.54) is 30.1 Å². The topological polar surface area (TPSA) is 101 Å². The van der Waals surface area contributed by atoms with Crippen LogP contribution < -0.4 is 0 Å². The molecule has 7 heteroatoms. The van der Waals surface area contributed by atoms with Crippen LogP contribution in [0, 0.1) is 17.0 Å². The molecule has 7 nitrogen and oxygen atoms in total. The summed E-state index contributed by atoms with van der Waals surface area (Å²) in [5, 5.41) is 19.2. The van der Waals surface area contributed by atoms with Gasteiger partial charge >= 0.3 is 5.97 Å². The van der Waals surface area contributed by atoms with Crippen LogP contribution >= 0.6 is 0 Å². The Labute approximate surface area is 109 Å². The lowest BCUT2D eigenvalue weighted by Gasteiger charge is -2.17. The minimum absolute atomic E-state index is 0.0519. The summed E-state index contributed by atoms with van der Waals surface area (Å²) in [6.07, 6.45) is -0.170. The first-order valence-corrected chi connectivity index (χ1v) is 5.55. The predicted molar refractivity (Wildman–Crippen MR) is 67.0 cm³/mol. The zero-order valence-electron chi connectivity index (χ0n) is 10.6. The maximum Gasteiger partial charge on any atom is 0.305 e. The van der Waals surface area contributed by atoms with Crippen molar-refractivity contribution in [3.63, 3.8) is 0 Å². The molecule has 1 aromatic carbocycles. The molecule has 0 aliphatic carbocycles. The van der Waals surface area contributed by atoms with Crippen molar-refractivity contribution in [2.75, 3.05) is 13.6 Å². The summed E-state index contributed by atoms with van der Waals surface area (Å²) in [5.74, 6) is -1.43. The number of nitro benzene ring substituents is 1. The number of nitrogens with zero attached hydrogens (tertiary/aromatic N) is 2. The minimum atomic E-state index is -1.00. The Kier molecular flexibility index (Phi) is 4.57. The SMILES string of the molecule is Cc1ccc([N+](=O)[O-])cc1C(=O)N(C)CCC(=O)O. The van der Waals surface area contributed by atoms with Gasteiger partial charge in [0.05, 0.1) is 11.3 Å². The lowest BCUT2D eigenvalue weighted by molar-refractivity contribution is -0.384. The van der Waals surface area contributed by atoms with Gasteiger partial charge in [-0.2, -0.15) is 0 Å². The first-order valence-electron chi connectivity index (χ1n) is 5.55. The molecule has 0 atom stereocenters. The second kappa shape index (κ2) is 5.94. The number of carbonyl (C=O) groups is 2. The van der Waals surface area contributed by atoms with Crippen LogP contribution in [0.4, 0.5) is 5.69 Å². The number of hydrogen-bond acceptors (Lipinski definition) is 4. The lowest BCUT2D eigenvalue weighted by Crippen LogP contribution is -2.29. The Morgan fingerprint density at radius 3 is 2.58 bits per heavy atom. The van der Waals surface area contributed by atoms with Crippen molar-refractivity contribution < 1.29 is 19.6 Å². The van der Waals surface area contributed by atoms with Gasteiger partial charge in [-0.15, -0.1) is 0 Å². The number of benzene rings is 1. The van der Waals surface area contributed by atoms with Crippen molar-refractivity contribution >= 4 is 17.6 Å². The summed E-state index contributed by atoms with van der Waals surface area (Å²) >= 11 is 0. The molecule has 1 aromatic rings. The summed E-state index contributed by atoms with van der Waals surface area (Å²) in [5.41, 5.74) is 0.653. The number of non-ortho nitro benzene ring substituents is 1. The van der Waals surface area contributed by atoms with Crippen LogP contribution in [0.25, 0.3) is 0 Å². The summed E-state index contributed by atoms with van der Waals surface area (Å²) in [4.78, 5) is 33.8. The molecule has 0 aliphatic rings. The van der Waals surface area contributed by atoms with Gasteiger partial charge in [-0.25, -0.2) is 0 Å². The Morgan fingerprint density at radius 2 is 2.05 bits per heavy atom. The van der Waals surface area contributed by atoms with E-state index in [0.717, 1.165) is 0 Å². The van der Waals surface area contributed by atoms with Crippen molar-refractivity contribution in [3.05, 3.63) is 39.4 Å². The van der Waals surface area contributed by atoms with Crippen LogP contribution in [0.1, 0.15) is 22.3 Å². The predicted octanol–water partition coefficient (Wildman–Crippen LogP) is 1.45. The van der Waals surface area contributed by atoms with Crippen molar-refractivity contribution in [3.8, 4) is 0 Å². The molecule has 1 amide bonds. The highest BCUT2D eigenvalue weighted by atomic mass is 16.6. The largest absolute Gasteiger partial charge is 0.481 e. The third kappa shape index (κ3) is 3.77. The molecule has 102 valence electrons. The summed E-state index contributed by atoms with van der Waals surface area (Å²) in [6.45, 7) is 1.72. The number of nitro groups is 1. The van der Waals surface area contributed by atoms with Gasteiger partial charge in [0.2, 0.25) is 0 Å². The van der Waals surface area contributed by atoms with E-state index in [0.29, 0.717) is 5.56 Å². The first kappa shape index (κ1) is 14.6. The summed E-state index contributed by atoms with van der Waals surface area (Å²) in [7, 11) is 1.46. The number of hydrogen-bond donors (Lipinski definition) is 1. The molecule has 0 heterocycles. The van der Waals surface area contributed by atoms with Crippen LogP contribution in [-0.2, 0) is 4.79 Å². The quantitative estimate of drug-likeness (QED) is 0.642. The Hall–Kier alpha value is -2.44. The molecule has 19 heavy (non-hydrogen) atoms. The smallest absolute Gasteiger partial charge is 0.305 e. The monoisotopic (exact) mass is 266 g/mol. The van der Waals surface area contributed by atoms with E-state index >= 15 is 0 Å². The number of carbonyl (C=O) groups excluding carboxylic acids is 1. The summed E-state index contributed by atoms with van der Waals surface area (Å²) in [6, 6.07) is 4.02. The molecule has 0 saturated carbocycles. The molecular formula is C12H14N2O5. The Balaban J connectivity index is 2.95. The summed E-state index contributed by atoms with van der Waals surface area (Å²) < 4.78 is 0. The standard InChI is InChI=1S/C12H14N2O5/c1-8-3-4-9(14(18)19)7-10(8)12(17)13(2)6-5-11(15)16/h3-4,7H,5-6H2,1-2H3,(H,15,16). The highest BCUT2D eigenvalue weighted by molar-refractivity contribution is 5.96. The van der Waals surface area contributed by atoms with E-state index in [1.54, 1.807) is 6.92 Å². The fourth-order valence-electron chi connectivity index (χ4n) is 1.52. The lowest BCUT2D eigenvalue weighted by atomic mass is 10.1. The van der Waals surface area contributed by atoms with E-state index < -0.39 is 16.8 Å². The first-order chi connectivity index (χ1) is 8.82. The van der Waals surface area contributed by atoms with Gasteiger partial charge in [-0.05, 0) is 12.5 Å². The molecule has 0 aliphatic heterocycles. The molecule has 1 rings (SSSR count). The van der Waals surface area contributed by atoms with E-state index in [1.807, 2.05) is 0 Å². The van der Waals surface area contributed by atoms with E-state index in [9.17, 15) is 19.7 Å². The van der Waals surface area contributed by atoms with E-state index in [4.69, 9.17) is 5.11 Å². The minimum Gasteiger partial charge on any atom is -0.481 e. The third-order valence-electron chi connectivity index (χ3n) is 2.67. The maximum atomic E-state index is 12.1. The van der Waals surface area contributed by atoms with Crippen LogP contribution in [0.3, 0.4) is 0 Å². The normalized spacial score (nSPS) is 10.0. The van der Waals surface area contributed by atoms with Crippen molar-refractivity contribution in [1.82, 2.24) is 4.90 Å². The Bertz CT molecular complexity index is 527. The highest BCUT2D eigenvalue weighted by Gasteiger charge is 2.18. The second-order valence-corrected chi connectivity index (χ2v) is 4.13. The zero-order chi connectivity index (χ0) is 14.6. The molecule has 0 bridgehead atoms. The number of aryl methyl sites for hydroxylation is 1. The fourth-order valence-corrected chi connectivity index (χ4v) is 1.52. The van der Waals surface area contributed by atoms with Gasteiger partial charge in [0.25, 0.3) is 11.6 Å². The average molecular weight is 266 g/mol. The van der Waals surface area contributed by atoms with Crippen molar-refractivity contribution in [2.24, 2.45) is 0 Å². The van der Waals surface area contributed by atoms with Gasteiger partial charge < -0.3 is 10.0 Å². The van der Waals surface area contributed by atoms with E-state index in [-0.39, 0.29) is 24.2 Å². The molecule has 0 fully saturated rings. The molecule has 0 radical (unpaired) electrons. The number of amides is 1. The van der Waals surface area contributed by atoms with Crippen molar-refractivity contribution in [2.45, 2.75) is 13.3 Å². The van der Waals surface area contributed by atoms with Gasteiger partial charge in [0.15, 0.2) is 0 Å². The van der Waals surface area contributed by atoms with Crippen LogP contribution in [-0.4, -0.2) is 40.4 Å². The number of carboxylic acids is 1. The van der Waals surface area contributed by atoms with E-state index in [2.05, 4.69) is 0 Å². The zero-order valence-corrected chi connectivity index (χ0v) is 10.6. The van der Waals surface area contributed by atoms with Crippen LogP contribution in [0.15, 0.2) is 18.2 Å². The van der Waals surface area contributed by atoms with Crippen LogP contribution in [0.2, 0.25) is 0 Å². The van der Waals surface area contributed by atoms with Gasteiger partial charge in [0, 0.05) is 31.3 Å². The van der Waals surface area contributed by atoms with Crippen molar-refractivity contribution in [1.29, 1.82) is 0 Å². The van der Waals surface area contributed by atoms with Gasteiger partial charge in [0.1, 0.15) is 0 Å². The molecule has 1 N–H and O–H groups in total. The number of carboxylic acid groups (broad SMARTS) is 1. The van der Waals surface area contributed by atoms with Gasteiger partial charge in [-0.3, -0.25) is 19.7 Å². The average Bonchev–Trinajstić information content (AvgIpc) is 2.35. The number of rotatable bonds is 5. The molecule has 0 saturated heterocycles. The molecule has 0 unspecified atom stereocenters. The van der Waals surface area contributed by atoms with Gasteiger partial charge in [-0.1, -0.05) is 6.07 Å². The molecule has 0 aromatic heterocycles. The Morgan fingerprint density at radius 1 is 1.42 bits per heavy atom. The van der Waals surface area contributed by atoms with Crippen LogP contribution in [0.5, 0.6) is 0 Å². The molecule has 0 spiro atoms.